The first-order valence-corrected chi connectivity index (χ1v) is 8.31. The maximum absolute atomic E-state index is 12.2. The van der Waals surface area contributed by atoms with Gasteiger partial charge in [0.2, 0.25) is 5.91 Å². The number of carbonyl (C=O) groups is 1. The lowest BCUT2D eigenvalue weighted by molar-refractivity contribution is -0.121. The third kappa shape index (κ3) is 4.36. The smallest absolute Gasteiger partial charge is 0.240 e. The molecule has 1 amide bonds. The summed E-state index contributed by atoms with van der Waals surface area (Å²) in [6.07, 6.45) is 0. The van der Waals surface area contributed by atoms with Crippen LogP contribution < -0.4 is 15.4 Å². The van der Waals surface area contributed by atoms with Crippen LogP contribution in [0.25, 0.3) is 11.0 Å². The van der Waals surface area contributed by atoms with E-state index in [1.807, 2.05) is 66.2 Å². The molecule has 0 aliphatic carbocycles. The minimum atomic E-state index is -0.0423. The average Bonchev–Trinajstić information content (AvgIpc) is 2.99. The fraction of sp³-hybridized carbons (Fsp3) is 0.263. The number of para-hydroxylation sites is 3. The number of nitrogens with one attached hydrogen (secondary N) is 2. The second-order valence-corrected chi connectivity index (χ2v) is 5.66. The van der Waals surface area contributed by atoms with Crippen molar-refractivity contribution in [2.45, 2.75) is 13.2 Å². The molecule has 2 N–H and O–H groups in total. The molecule has 6 nitrogen and oxygen atoms in total. The highest BCUT2D eigenvalue weighted by molar-refractivity contribution is 5.81. The van der Waals surface area contributed by atoms with Gasteiger partial charge in [-0.2, -0.15) is 0 Å². The largest absolute Gasteiger partial charge is 0.486 e. The van der Waals surface area contributed by atoms with Crippen LogP contribution in [0.15, 0.2) is 54.6 Å². The number of imidazole rings is 1. The van der Waals surface area contributed by atoms with Crippen LogP contribution in [0, 0.1) is 0 Å². The zero-order chi connectivity index (χ0) is 17.5. The lowest BCUT2D eigenvalue weighted by Gasteiger charge is -2.11. The van der Waals surface area contributed by atoms with Gasteiger partial charge in [-0.25, -0.2) is 4.98 Å². The average molecular weight is 338 g/mol. The van der Waals surface area contributed by atoms with Crippen molar-refractivity contribution in [1.29, 1.82) is 0 Å². The van der Waals surface area contributed by atoms with Crippen LogP contribution >= 0.6 is 0 Å². The summed E-state index contributed by atoms with van der Waals surface area (Å²) in [5.74, 6) is 1.47. The monoisotopic (exact) mass is 338 g/mol. The Morgan fingerprint density at radius 3 is 2.64 bits per heavy atom. The molecule has 0 saturated heterocycles. The van der Waals surface area contributed by atoms with Crippen LogP contribution in [0.4, 0.5) is 0 Å². The van der Waals surface area contributed by atoms with Gasteiger partial charge in [0.25, 0.3) is 0 Å². The van der Waals surface area contributed by atoms with E-state index in [0.29, 0.717) is 13.2 Å². The molecule has 1 aromatic heterocycles. The van der Waals surface area contributed by atoms with E-state index < -0.39 is 0 Å². The van der Waals surface area contributed by atoms with Crippen LogP contribution in [0.3, 0.4) is 0 Å². The van der Waals surface area contributed by atoms with Gasteiger partial charge in [0.1, 0.15) is 24.7 Å². The molecule has 0 saturated carbocycles. The normalized spacial score (nSPS) is 10.8. The summed E-state index contributed by atoms with van der Waals surface area (Å²) in [5.41, 5.74) is 1.79. The van der Waals surface area contributed by atoms with E-state index in [2.05, 4.69) is 15.6 Å². The van der Waals surface area contributed by atoms with Gasteiger partial charge in [-0.1, -0.05) is 30.3 Å². The highest BCUT2D eigenvalue weighted by Crippen LogP contribution is 2.18. The summed E-state index contributed by atoms with van der Waals surface area (Å²) < 4.78 is 7.73. The number of rotatable bonds is 8. The molecule has 25 heavy (non-hydrogen) atoms. The van der Waals surface area contributed by atoms with E-state index in [-0.39, 0.29) is 12.5 Å². The van der Waals surface area contributed by atoms with E-state index in [4.69, 9.17) is 4.74 Å². The summed E-state index contributed by atoms with van der Waals surface area (Å²) in [7, 11) is 1.86. The first-order valence-electron chi connectivity index (χ1n) is 8.31. The minimum absolute atomic E-state index is 0.0423. The maximum Gasteiger partial charge on any atom is 0.240 e. The zero-order valence-electron chi connectivity index (χ0n) is 14.2. The Bertz CT molecular complexity index is 830. The third-order valence-corrected chi connectivity index (χ3v) is 3.84. The van der Waals surface area contributed by atoms with Crippen molar-refractivity contribution in [3.63, 3.8) is 0 Å². The number of nitrogens with zero attached hydrogens (tertiary/aromatic N) is 2. The van der Waals surface area contributed by atoms with Crippen molar-refractivity contribution in [3.8, 4) is 5.75 Å². The first kappa shape index (κ1) is 17.0. The Kier molecular flexibility index (Phi) is 5.64. The van der Waals surface area contributed by atoms with Crippen LogP contribution in [-0.2, 0) is 17.9 Å². The van der Waals surface area contributed by atoms with E-state index >= 15 is 0 Å². The summed E-state index contributed by atoms with van der Waals surface area (Å²) in [5, 5.41) is 5.90. The number of hydrogen-bond acceptors (Lipinski definition) is 4. The topological polar surface area (TPSA) is 68.2 Å². The number of likely N-dealkylation sites (N-methyl/N-ethyl adjacent to an activating group) is 1. The van der Waals surface area contributed by atoms with Gasteiger partial charge in [0.05, 0.1) is 11.0 Å². The maximum atomic E-state index is 12.2. The van der Waals surface area contributed by atoms with Crippen LogP contribution in [0.5, 0.6) is 5.75 Å². The highest BCUT2D eigenvalue weighted by atomic mass is 16.5. The molecule has 2 aromatic carbocycles. The molecule has 0 atom stereocenters. The fourth-order valence-corrected chi connectivity index (χ4v) is 2.60. The molecule has 6 heteroatoms. The van der Waals surface area contributed by atoms with Gasteiger partial charge in [-0.05, 0) is 31.3 Å². The number of ether oxygens (including phenoxy) is 1. The number of carbonyl (C=O) groups excluding carboxylic acids is 1. The predicted octanol–water partition coefficient (Wildman–Crippen LogP) is 1.95. The number of aromatic nitrogens is 2. The van der Waals surface area contributed by atoms with Gasteiger partial charge in [0.15, 0.2) is 0 Å². The highest BCUT2D eigenvalue weighted by Gasteiger charge is 2.14. The molecule has 0 radical (unpaired) electrons. The predicted molar refractivity (Wildman–Crippen MR) is 97.4 cm³/mol. The third-order valence-electron chi connectivity index (χ3n) is 3.84. The van der Waals surface area contributed by atoms with E-state index in [0.717, 1.165) is 29.2 Å². The molecule has 0 fully saturated rings. The van der Waals surface area contributed by atoms with E-state index in [1.54, 1.807) is 0 Å². The summed E-state index contributed by atoms with van der Waals surface area (Å²) in [4.78, 5) is 16.8. The van der Waals surface area contributed by atoms with Crippen molar-refractivity contribution in [2.75, 3.05) is 20.1 Å². The molecular weight excluding hydrogens is 316 g/mol. The summed E-state index contributed by atoms with van der Waals surface area (Å²) >= 11 is 0. The molecule has 1 heterocycles. The van der Waals surface area contributed by atoms with Crippen molar-refractivity contribution in [2.24, 2.45) is 0 Å². The Balaban J connectivity index is 1.78. The summed E-state index contributed by atoms with van der Waals surface area (Å²) in [6, 6.07) is 17.4. The fourth-order valence-electron chi connectivity index (χ4n) is 2.60. The Morgan fingerprint density at radius 1 is 1.08 bits per heavy atom. The molecule has 0 bridgehead atoms. The molecule has 0 aliphatic heterocycles. The minimum Gasteiger partial charge on any atom is -0.486 e. The van der Waals surface area contributed by atoms with Gasteiger partial charge < -0.3 is 19.9 Å². The van der Waals surface area contributed by atoms with Gasteiger partial charge >= 0.3 is 0 Å². The van der Waals surface area contributed by atoms with Gasteiger partial charge in [-0.15, -0.1) is 0 Å². The molecule has 0 spiro atoms. The Hall–Kier alpha value is -2.86. The van der Waals surface area contributed by atoms with E-state index in [1.165, 1.54) is 0 Å². The van der Waals surface area contributed by atoms with Crippen molar-refractivity contribution in [3.05, 3.63) is 60.4 Å². The lowest BCUT2D eigenvalue weighted by atomic mass is 10.3. The quantitative estimate of drug-likeness (QED) is 0.616. The lowest BCUT2D eigenvalue weighted by Crippen LogP contribution is -2.33. The number of amides is 1. The second kappa shape index (κ2) is 8.30. The SMILES string of the molecule is CNCCNC(=O)Cn1c(COc2ccccc2)nc2ccccc21. The Labute approximate surface area is 146 Å². The molecule has 3 rings (SSSR count). The first-order chi connectivity index (χ1) is 12.3. The molecule has 0 unspecified atom stereocenters. The number of fused-ring (bicyclic) bond motifs is 1. The molecule has 3 aromatic rings. The molecular formula is C19H22N4O2. The summed E-state index contributed by atoms with van der Waals surface area (Å²) in [6.45, 7) is 1.86. The molecule has 0 aliphatic rings. The second-order valence-electron chi connectivity index (χ2n) is 5.66. The standard InChI is InChI=1S/C19H22N4O2/c1-20-11-12-21-19(24)13-23-17-10-6-5-9-16(17)22-18(23)14-25-15-7-3-2-4-8-15/h2-10,20H,11-14H2,1H3,(H,21,24). The van der Waals surface area contributed by atoms with Gasteiger partial charge in [0, 0.05) is 13.1 Å². The van der Waals surface area contributed by atoms with E-state index in [9.17, 15) is 4.79 Å². The van der Waals surface area contributed by atoms with Crippen LogP contribution in [0.1, 0.15) is 5.82 Å². The van der Waals surface area contributed by atoms with Crippen molar-refractivity contribution >= 4 is 16.9 Å². The van der Waals surface area contributed by atoms with Crippen molar-refractivity contribution < 1.29 is 9.53 Å². The van der Waals surface area contributed by atoms with Crippen molar-refractivity contribution in [1.82, 2.24) is 20.2 Å². The number of hydrogen-bond donors (Lipinski definition) is 2. The Morgan fingerprint density at radius 2 is 1.84 bits per heavy atom. The van der Waals surface area contributed by atoms with Crippen LogP contribution in [0.2, 0.25) is 0 Å². The number of benzene rings is 2. The van der Waals surface area contributed by atoms with Crippen LogP contribution in [-0.4, -0.2) is 35.6 Å². The van der Waals surface area contributed by atoms with Gasteiger partial charge in [-0.3, -0.25) is 4.79 Å². The zero-order valence-corrected chi connectivity index (χ0v) is 14.2. The molecule has 130 valence electrons.